The number of carbonyl (C=O) groups is 1. The van der Waals surface area contributed by atoms with Gasteiger partial charge < -0.3 is 9.84 Å². The van der Waals surface area contributed by atoms with Crippen LogP contribution in [0.15, 0.2) is 10.6 Å². The summed E-state index contributed by atoms with van der Waals surface area (Å²) in [5.74, 6) is 0.479. The van der Waals surface area contributed by atoms with Gasteiger partial charge in [0.2, 0.25) is 5.91 Å². The van der Waals surface area contributed by atoms with E-state index in [2.05, 4.69) is 10.5 Å². The second-order valence-electron chi connectivity index (χ2n) is 4.87. The first kappa shape index (κ1) is 14.9. The SMILES string of the molecule is Cc1cc(NC(=O)[C@@H]2CCCN2S(=O)(=O)N(C)C)no1. The van der Waals surface area contributed by atoms with Gasteiger partial charge in [0.25, 0.3) is 10.2 Å². The van der Waals surface area contributed by atoms with Crippen LogP contribution in [-0.2, 0) is 15.0 Å². The van der Waals surface area contributed by atoms with E-state index in [0.29, 0.717) is 31.0 Å². The maximum atomic E-state index is 12.2. The molecule has 8 nitrogen and oxygen atoms in total. The van der Waals surface area contributed by atoms with Gasteiger partial charge in [-0.25, -0.2) is 0 Å². The molecule has 1 aliphatic rings. The molecule has 1 amide bonds. The Morgan fingerprint density at radius 2 is 2.25 bits per heavy atom. The summed E-state index contributed by atoms with van der Waals surface area (Å²) in [7, 11) is -0.700. The molecule has 9 heteroatoms. The van der Waals surface area contributed by atoms with E-state index >= 15 is 0 Å². The van der Waals surface area contributed by atoms with Crippen LogP contribution < -0.4 is 5.32 Å². The third-order valence-electron chi connectivity index (χ3n) is 3.14. The van der Waals surface area contributed by atoms with E-state index in [1.807, 2.05) is 0 Å². The predicted octanol–water partition coefficient (Wildman–Crippen LogP) is 0.192. The van der Waals surface area contributed by atoms with Crippen LogP contribution in [0, 0.1) is 6.92 Å². The van der Waals surface area contributed by atoms with Crippen LogP contribution >= 0.6 is 0 Å². The van der Waals surface area contributed by atoms with Crippen LogP contribution in [-0.4, -0.2) is 54.8 Å². The third kappa shape index (κ3) is 2.84. The number of nitrogens with zero attached hydrogens (tertiary/aromatic N) is 3. The first-order valence-corrected chi connectivity index (χ1v) is 7.65. The lowest BCUT2D eigenvalue weighted by Gasteiger charge is -2.25. The minimum absolute atomic E-state index is 0.293. The van der Waals surface area contributed by atoms with E-state index in [1.54, 1.807) is 13.0 Å². The molecule has 0 aliphatic carbocycles. The van der Waals surface area contributed by atoms with Gasteiger partial charge in [0.05, 0.1) is 0 Å². The Labute approximate surface area is 117 Å². The molecule has 2 rings (SSSR count). The number of aromatic nitrogens is 1. The zero-order valence-electron chi connectivity index (χ0n) is 11.7. The highest BCUT2D eigenvalue weighted by Gasteiger charge is 2.39. The van der Waals surface area contributed by atoms with E-state index < -0.39 is 16.3 Å². The molecule has 0 unspecified atom stereocenters. The second-order valence-corrected chi connectivity index (χ2v) is 6.97. The molecule has 2 heterocycles. The first-order valence-electron chi connectivity index (χ1n) is 6.26. The summed E-state index contributed by atoms with van der Waals surface area (Å²) in [5, 5.41) is 6.24. The second kappa shape index (κ2) is 5.51. The maximum absolute atomic E-state index is 12.2. The Kier molecular flexibility index (Phi) is 4.11. The summed E-state index contributed by atoms with van der Waals surface area (Å²) in [6.45, 7) is 2.05. The zero-order valence-corrected chi connectivity index (χ0v) is 12.5. The topological polar surface area (TPSA) is 95.8 Å². The van der Waals surface area contributed by atoms with Crippen LogP contribution in [0.25, 0.3) is 0 Å². The van der Waals surface area contributed by atoms with Gasteiger partial charge in [-0.2, -0.15) is 17.0 Å². The minimum atomic E-state index is -3.60. The number of hydrogen-bond donors (Lipinski definition) is 1. The molecule has 1 aliphatic heterocycles. The summed E-state index contributed by atoms with van der Waals surface area (Å²) in [6, 6.07) is 0.872. The number of nitrogens with one attached hydrogen (secondary N) is 1. The van der Waals surface area contributed by atoms with Crippen LogP contribution in [0.1, 0.15) is 18.6 Å². The standard InChI is InChI=1S/C11H18N4O4S/c1-8-7-10(13-19-8)12-11(16)9-5-4-6-15(9)20(17,18)14(2)3/h7,9H,4-6H2,1-3H3,(H,12,13,16)/t9-/m0/s1. The van der Waals surface area contributed by atoms with Crippen LogP contribution in [0.4, 0.5) is 5.82 Å². The summed E-state index contributed by atoms with van der Waals surface area (Å²) >= 11 is 0. The quantitative estimate of drug-likeness (QED) is 0.856. The zero-order chi connectivity index (χ0) is 14.9. The number of aryl methyl sites for hydroxylation is 1. The molecule has 1 saturated heterocycles. The molecule has 0 saturated carbocycles. The number of carbonyl (C=O) groups excluding carboxylic acids is 1. The smallest absolute Gasteiger partial charge is 0.282 e. The van der Waals surface area contributed by atoms with Gasteiger partial charge in [-0.15, -0.1) is 0 Å². The third-order valence-corrected chi connectivity index (χ3v) is 5.10. The van der Waals surface area contributed by atoms with Gasteiger partial charge in [0.1, 0.15) is 11.8 Å². The fourth-order valence-corrected chi connectivity index (χ4v) is 3.42. The fourth-order valence-electron chi connectivity index (χ4n) is 2.12. The van der Waals surface area contributed by atoms with Gasteiger partial charge in [0, 0.05) is 26.7 Å². The Hall–Kier alpha value is -1.45. The van der Waals surface area contributed by atoms with Crippen molar-refractivity contribution in [1.29, 1.82) is 0 Å². The average Bonchev–Trinajstić information content (AvgIpc) is 2.97. The van der Waals surface area contributed by atoms with Gasteiger partial charge in [-0.1, -0.05) is 5.16 Å². The van der Waals surface area contributed by atoms with Crippen molar-refractivity contribution in [3.63, 3.8) is 0 Å². The molecule has 1 aromatic heterocycles. The predicted molar refractivity (Wildman–Crippen MR) is 72.2 cm³/mol. The largest absolute Gasteiger partial charge is 0.360 e. The fraction of sp³-hybridized carbons (Fsp3) is 0.636. The molecule has 1 aromatic rings. The molecule has 0 aromatic carbocycles. The van der Waals surface area contributed by atoms with Crippen molar-refractivity contribution in [2.45, 2.75) is 25.8 Å². The monoisotopic (exact) mass is 302 g/mol. The van der Waals surface area contributed by atoms with Crippen LogP contribution in [0.3, 0.4) is 0 Å². The molecule has 1 atom stereocenters. The average molecular weight is 302 g/mol. The number of rotatable bonds is 4. The molecular weight excluding hydrogens is 284 g/mol. The van der Waals surface area contributed by atoms with Crippen molar-refractivity contribution in [2.24, 2.45) is 0 Å². The van der Waals surface area contributed by atoms with Crippen molar-refractivity contribution in [1.82, 2.24) is 13.8 Å². The summed E-state index contributed by atoms with van der Waals surface area (Å²) < 4.78 is 31.5. The molecule has 1 N–H and O–H groups in total. The lowest BCUT2D eigenvalue weighted by atomic mass is 10.2. The van der Waals surface area contributed by atoms with Crippen molar-refractivity contribution in [2.75, 3.05) is 26.0 Å². The van der Waals surface area contributed by atoms with Crippen molar-refractivity contribution in [3.8, 4) is 0 Å². The van der Waals surface area contributed by atoms with Gasteiger partial charge in [-0.05, 0) is 19.8 Å². The Morgan fingerprint density at radius 1 is 1.55 bits per heavy atom. The van der Waals surface area contributed by atoms with E-state index in [9.17, 15) is 13.2 Å². The molecule has 112 valence electrons. The normalized spacial score (nSPS) is 20.5. The van der Waals surface area contributed by atoms with E-state index in [4.69, 9.17) is 4.52 Å². The van der Waals surface area contributed by atoms with Gasteiger partial charge >= 0.3 is 0 Å². The lowest BCUT2D eigenvalue weighted by molar-refractivity contribution is -0.119. The Balaban J connectivity index is 2.13. The highest BCUT2D eigenvalue weighted by atomic mass is 32.2. The van der Waals surface area contributed by atoms with Crippen molar-refractivity contribution in [3.05, 3.63) is 11.8 Å². The van der Waals surface area contributed by atoms with Crippen molar-refractivity contribution < 1.29 is 17.7 Å². The lowest BCUT2D eigenvalue weighted by Crippen LogP contribution is -2.47. The summed E-state index contributed by atoms with van der Waals surface area (Å²) in [4.78, 5) is 12.2. The Morgan fingerprint density at radius 3 is 2.80 bits per heavy atom. The molecule has 0 spiro atoms. The first-order chi connectivity index (χ1) is 9.32. The van der Waals surface area contributed by atoms with Crippen molar-refractivity contribution >= 4 is 21.9 Å². The van der Waals surface area contributed by atoms with Crippen LogP contribution in [0.5, 0.6) is 0 Å². The molecule has 0 bridgehead atoms. The number of hydrogen-bond acceptors (Lipinski definition) is 5. The van der Waals surface area contributed by atoms with E-state index in [1.165, 1.54) is 18.4 Å². The Bertz CT molecular complexity index is 595. The molecule has 20 heavy (non-hydrogen) atoms. The summed E-state index contributed by atoms with van der Waals surface area (Å²) in [5.41, 5.74) is 0. The summed E-state index contributed by atoms with van der Waals surface area (Å²) in [6.07, 6.45) is 1.15. The van der Waals surface area contributed by atoms with E-state index in [0.717, 1.165) is 4.31 Å². The van der Waals surface area contributed by atoms with Crippen LogP contribution in [0.2, 0.25) is 0 Å². The maximum Gasteiger partial charge on any atom is 0.282 e. The molecule has 1 fully saturated rings. The highest BCUT2D eigenvalue weighted by molar-refractivity contribution is 7.86. The number of amides is 1. The van der Waals surface area contributed by atoms with Gasteiger partial charge in [0.15, 0.2) is 5.82 Å². The molecule has 0 radical (unpaired) electrons. The van der Waals surface area contributed by atoms with E-state index in [-0.39, 0.29) is 5.91 Å². The minimum Gasteiger partial charge on any atom is -0.360 e. The number of anilines is 1. The highest BCUT2D eigenvalue weighted by Crippen LogP contribution is 2.23. The molecular formula is C11H18N4O4S. The van der Waals surface area contributed by atoms with Gasteiger partial charge in [-0.3, -0.25) is 4.79 Å².